The minimum absolute atomic E-state index is 0. The van der Waals surface area contributed by atoms with E-state index >= 15 is 0 Å². The van der Waals surface area contributed by atoms with E-state index in [9.17, 15) is 0 Å². The van der Waals surface area contributed by atoms with Crippen molar-refractivity contribution in [2.75, 3.05) is 26.2 Å². The van der Waals surface area contributed by atoms with Gasteiger partial charge in [0.1, 0.15) is 0 Å². The summed E-state index contributed by atoms with van der Waals surface area (Å²) in [6.07, 6.45) is 0. The molecule has 0 amide bonds. The van der Waals surface area contributed by atoms with E-state index in [0.717, 1.165) is 26.2 Å². The summed E-state index contributed by atoms with van der Waals surface area (Å²) in [6.45, 7) is 10.6. The van der Waals surface area contributed by atoms with Crippen LogP contribution in [0.3, 0.4) is 0 Å². The van der Waals surface area contributed by atoms with E-state index in [1.165, 1.54) is 0 Å². The molecule has 0 aliphatic rings. The van der Waals surface area contributed by atoms with E-state index < -0.39 is 0 Å². The molecule has 0 fully saturated rings. The van der Waals surface area contributed by atoms with Gasteiger partial charge in [0.2, 0.25) is 0 Å². The highest BCUT2D eigenvalue weighted by molar-refractivity contribution is 5.86. The first-order chi connectivity index (χ1) is 5.66. The molecule has 16 heavy (non-hydrogen) atoms. The molecule has 0 bridgehead atoms. The van der Waals surface area contributed by atoms with Crippen molar-refractivity contribution >= 4 is 49.6 Å². The van der Waals surface area contributed by atoms with Crippen molar-refractivity contribution in [1.29, 1.82) is 0 Å². The minimum Gasteiger partial charge on any atom is -0.331 e. The van der Waals surface area contributed by atoms with Gasteiger partial charge in [0.05, 0.1) is 0 Å². The van der Waals surface area contributed by atoms with E-state index in [0.29, 0.717) is 0 Å². The second-order valence-corrected chi connectivity index (χ2v) is 1.63. The second-order valence-electron chi connectivity index (χ2n) is 1.63. The van der Waals surface area contributed by atoms with Gasteiger partial charge in [-0.25, -0.2) is 0 Å². The van der Waals surface area contributed by atoms with Gasteiger partial charge in [-0.1, -0.05) is 27.7 Å². The van der Waals surface area contributed by atoms with Crippen molar-refractivity contribution in [3.63, 3.8) is 0 Å². The van der Waals surface area contributed by atoms with Crippen LogP contribution in [-0.4, -0.2) is 26.2 Å². The van der Waals surface area contributed by atoms with Gasteiger partial charge >= 0.3 is 0 Å². The third-order valence-electron chi connectivity index (χ3n) is 0. The summed E-state index contributed by atoms with van der Waals surface area (Å²) in [7, 11) is 0. The lowest BCUT2D eigenvalue weighted by Gasteiger charge is -1.53. The smallest absolute Gasteiger partial charge is 0.0106 e. The van der Waals surface area contributed by atoms with Crippen molar-refractivity contribution in [1.82, 2.24) is 0 Å². The Hall–Kier alpha value is 1.00. The molecule has 0 aromatic carbocycles. The fourth-order valence-corrected chi connectivity index (χ4v) is 0. The van der Waals surface area contributed by atoms with Crippen LogP contribution in [0.15, 0.2) is 0 Å². The summed E-state index contributed by atoms with van der Waals surface area (Å²) in [5, 5.41) is 0. The van der Waals surface area contributed by atoms with Crippen molar-refractivity contribution in [2.24, 2.45) is 22.9 Å². The highest BCUT2D eigenvalue weighted by Gasteiger charge is 1.33. The monoisotopic (exact) mass is 324 g/mol. The lowest BCUT2D eigenvalue weighted by molar-refractivity contribution is 1.14. The SMILES string of the molecule is CCN.CCN.CCN.CCN.Cl.Cl.Cl.Cl. The van der Waals surface area contributed by atoms with Gasteiger partial charge in [-0.2, -0.15) is 0 Å². The molecule has 0 aliphatic carbocycles. The Morgan fingerprint density at radius 2 is 0.438 bits per heavy atom. The van der Waals surface area contributed by atoms with E-state index in [4.69, 9.17) is 22.9 Å². The van der Waals surface area contributed by atoms with E-state index in [1.54, 1.807) is 0 Å². The molecular formula is C8H32Cl4N4. The van der Waals surface area contributed by atoms with Crippen LogP contribution in [0.2, 0.25) is 0 Å². The van der Waals surface area contributed by atoms with Crippen LogP contribution in [0.1, 0.15) is 27.7 Å². The van der Waals surface area contributed by atoms with Gasteiger partial charge < -0.3 is 22.9 Å². The number of rotatable bonds is 0. The molecule has 4 nitrogen and oxygen atoms in total. The third kappa shape index (κ3) is 2940. The molecule has 112 valence electrons. The molecule has 0 heterocycles. The second kappa shape index (κ2) is 144. The number of halogens is 4. The number of nitrogens with two attached hydrogens (primary N) is 4. The summed E-state index contributed by atoms with van der Waals surface area (Å²) >= 11 is 0. The summed E-state index contributed by atoms with van der Waals surface area (Å²) in [5.74, 6) is 0. The lowest BCUT2D eigenvalue weighted by atomic mass is 10.8. The largest absolute Gasteiger partial charge is 0.331 e. The maximum absolute atomic E-state index is 4.85. The number of hydrogen-bond acceptors (Lipinski definition) is 4. The molecule has 0 saturated heterocycles. The Bertz CT molecular complexity index is 32.0. The zero-order chi connectivity index (χ0) is 10.8. The van der Waals surface area contributed by atoms with Crippen LogP contribution >= 0.6 is 49.6 Å². The van der Waals surface area contributed by atoms with E-state index in [2.05, 4.69) is 0 Å². The topological polar surface area (TPSA) is 104 Å². The fourth-order valence-electron chi connectivity index (χ4n) is 0. The third-order valence-corrected chi connectivity index (χ3v) is 0. The maximum Gasteiger partial charge on any atom is -0.0106 e. The van der Waals surface area contributed by atoms with Crippen LogP contribution in [-0.2, 0) is 0 Å². The molecule has 0 spiro atoms. The molecule has 0 aromatic rings. The molecule has 0 atom stereocenters. The van der Waals surface area contributed by atoms with E-state index in [1.807, 2.05) is 27.7 Å². The zero-order valence-corrected chi connectivity index (χ0v) is 14.0. The first kappa shape index (κ1) is 53.7. The van der Waals surface area contributed by atoms with Crippen molar-refractivity contribution in [2.45, 2.75) is 27.7 Å². The van der Waals surface area contributed by atoms with Crippen LogP contribution < -0.4 is 22.9 Å². The highest BCUT2D eigenvalue weighted by Crippen LogP contribution is 1.21. The molecule has 8 heteroatoms. The van der Waals surface area contributed by atoms with Crippen LogP contribution in [0.4, 0.5) is 0 Å². The first-order valence-electron chi connectivity index (χ1n) is 4.46. The molecule has 0 unspecified atom stereocenters. The van der Waals surface area contributed by atoms with Crippen LogP contribution in [0, 0.1) is 0 Å². The first-order valence-corrected chi connectivity index (χ1v) is 4.46. The minimum atomic E-state index is 0. The van der Waals surface area contributed by atoms with Crippen LogP contribution in [0.25, 0.3) is 0 Å². The Labute approximate surface area is 126 Å². The highest BCUT2D eigenvalue weighted by atomic mass is 35.5. The van der Waals surface area contributed by atoms with Gasteiger partial charge in [-0.15, -0.1) is 49.6 Å². The van der Waals surface area contributed by atoms with Crippen molar-refractivity contribution in [3.05, 3.63) is 0 Å². The standard InChI is InChI=1S/4C2H7N.4ClH/c4*1-2-3;;;;/h4*2-3H2,1H3;4*1H. The quantitative estimate of drug-likeness (QED) is 0.542. The van der Waals surface area contributed by atoms with Crippen molar-refractivity contribution in [3.8, 4) is 0 Å². The predicted molar refractivity (Wildman–Crippen MR) is 87.9 cm³/mol. The molecule has 0 aliphatic heterocycles. The molecule has 0 rings (SSSR count). The normalized spacial score (nSPS) is 4.50. The maximum atomic E-state index is 4.85. The Morgan fingerprint density at radius 3 is 0.438 bits per heavy atom. The molecule has 0 saturated carbocycles. The molecular weight excluding hydrogens is 294 g/mol. The van der Waals surface area contributed by atoms with Crippen LogP contribution in [0.5, 0.6) is 0 Å². The van der Waals surface area contributed by atoms with Gasteiger partial charge in [0, 0.05) is 0 Å². The average molecular weight is 326 g/mol. The predicted octanol–water partition coefficient (Wildman–Crippen LogP) is 1.55. The van der Waals surface area contributed by atoms with Gasteiger partial charge in [-0.3, -0.25) is 0 Å². The van der Waals surface area contributed by atoms with Crippen molar-refractivity contribution < 1.29 is 0 Å². The zero-order valence-electron chi connectivity index (χ0n) is 10.8. The Kier molecular flexibility index (Phi) is 484. The molecule has 0 radical (unpaired) electrons. The lowest BCUT2D eigenvalue weighted by Crippen LogP contribution is -1.87. The summed E-state index contributed by atoms with van der Waals surface area (Å²) in [4.78, 5) is 0. The van der Waals surface area contributed by atoms with Gasteiger partial charge in [-0.05, 0) is 26.2 Å². The average Bonchev–Trinajstić information content (AvgIpc) is 1.92. The number of hydrogen-bond donors (Lipinski definition) is 4. The summed E-state index contributed by atoms with van der Waals surface area (Å²) < 4.78 is 0. The summed E-state index contributed by atoms with van der Waals surface area (Å²) in [5.41, 5.74) is 19.4. The molecule has 0 aromatic heterocycles. The summed E-state index contributed by atoms with van der Waals surface area (Å²) in [6, 6.07) is 0. The van der Waals surface area contributed by atoms with Gasteiger partial charge in [0.15, 0.2) is 0 Å². The molecule has 8 N–H and O–H groups in total. The van der Waals surface area contributed by atoms with E-state index in [-0.39, 0.29) is 49.6 Å². The van der Waals surface area contributed by atoms with Gasteiger partial charge in [0.25, 0.3) is 0 Å². The Balaban J connectivity index is -0.00000000821. The fraction of sp³-hybridized carbons (Fsp3) is 1.00. The Morgan fingerprint density at radius 1 is 0.438 bits per heavy atom.